The molecular weight excluding hydrogens is 260 g/mol. The number of nitrogens with zero attached hydrogens (tertiary/aromatic N) is 1. The first-order valence-corrected chi connectivity index (χ1v) is 7.96. The molecule has 1 amide bonds. The van der Waals surface area contributed by atoms with Crippen LogP contribution in [0.1, 0.15) is 39.2 Å². The van der Waals surface area contributed by atoms with Crippen LogP contribution >= 0.6 is 0 Å². The van der Waals surface area contributed by atoms with Gasteiger partial charge in [0.1, 0.15) is 0 Å². The highest BCUT2D eigenvalue weighted by atomic mass is 16.2. The summed E-state index contributed by atoms with van der Waals surface area (Å²) >= 11 is 0. The molecule has 0 bridgehead atoms. The highest BCUT2D eigenvalue weighted by molar-refractivity contribution is 5.82. The Morgan fingerprint density at radius 1 is 1.24 bits per heavy atom. The molecule has 1 aromatic rings. The van der Waals surface area contributed by atoms with Crippen LogP contribution in [-0.4, -0.2) is 29.9 Å². The summed E-state index contributed by atoms with van der Waals surface area (Å²) in [7, 11) is 0. The monoisotopic (exact) mass is 288 g/mol. The number of hydrogen-bond donors (Lipinski definition) is 1. The van der Waals surface area contributed by atoms with E-state index in [4.69, 9.17) is 5.73 Å². The van der Waals surface area contributed by atoms with E-state index in [9.17, 15) is 4.79 Å². The summed E-state index contributed by atoms with van der Waals surface area (Å²) in [5, 5.41) is 0. The van der Waals surface area contributed by atoms with Crippen LogP contribution in [0.4, 0.5) is 0 Å². The summed E-state index contributed by atoms with van der Waals surface area (Å²) < 4.78 is 0. The van der Waals surface area contributed by atoms with E-state index in [0.717, 1.165) is 32.4 Å². The zero-order chi connectivity index (χ0) is 15.5. The van der Waals surface area contributed by atoms with Crippen molar-refractivity contribution in [2.24, 2.45) is 17.1 Å². The third-order valence-electron chi connectivity index (χ3n) is 4.49. The van der Waals surface area contributed by atoms with Crippen molar-refractivity contribution >= 4 is 5.91 Å². The predicted octanol–water partition coefficient (Wildman–Crippen LogP) is 2.84. The number of amides is 1. The summed E-state index contributed by atoms with van der Waals surface area (Å²) in [5.41, 5.74) is 7.32. The molecule has 0 saturated carbocycles. The molecule has 0 spiro atoms. The van der Waals surface area contributed by atoms with Gasteiger partial charge in [-0.2, -0.15) is 0 Å². The smallest absolute Gasteiger partial charge is 0.240 e. The molecule has 0 radical (unpaired) electrons. The predicted molar refractivity (Wildman–Crippen MR) is 86.9 cm³/mol. The summed E-state index contributed by atoms with van der Waals surface area (Å²) in [6.45, 7) is 7.77. The van der Waals surface area contributed by atoms with Crippen LogP contribution in [0.5, 0.6) is 0 Å². The van der Waals surface area contributed by atoms with Crippen molar-refractivity contribution in [3.05, 3.63) is 35.9 Å². The zero-order valence-corrected chi connectivity index (χ0v) is 13.5. The van der Waals surface area contributed by atoms with Crippen molar-refractivity contribution in [2.45, 2.75) is 46.1 Å². The maximum absolute atomic E-state index is 12.4. The molecule has 1 heterocycles. The first-order valence-electron chi connectivity index (χ1n) is 7.96. The second kappa shape index (κ2) is 6.61. The van der Waals surface area contributed by atoms with Gasteiger partial charge in [-0.05, 0) is 36.2 Å². The second-order valence-electron chi connectivity index (χ2n) is 7.30. The Morgan fingerprint density at radius 3 is 2.33 bits per heavy atom. The van der Waals surface area contributed by atoms with Gasteiger partial charge in [-0.3, -0.25) is 4.79 Å². The molecule has 0 aromatic heterocycles. The molecular formula is C18H28N2O. The standard InChI is InChI=1S/C18H28N2O/c1-18(2,3)16(19)17(21)20-11-9-15(10-12-20)13-14-7-5-4-6-8-14/h4-8,15-16H,9-13,19H2,1-3H3/t16-/m0/s1. The van der Waals surface area contributed by atoms with Gasteiger partial charge in [-0.1, -0.05) is 51.1 Å². The van der Waals surface area contributed by atoms with Gasteiger partial charge in [0.25, 0.3) is 0 Å². The number of benzene rings is 1. The van der Waals surface area contributed by atoms with Crippen LogP contribution in [0.2, 0.25) is 0 Å². The zero-order valence-electron chi connectivity index (χ0n) is 13.5. The lowest BCUT2D eigenvalue weighted by molar-refractivity contribution is -0.136. The molecule has 1 saturated heterocycles. The van der Waals surface area contributed by atoms with E-state index in [1.54, 1.807) is 0 Å². The number of piperidine rings is 1. The van der Waals surface area contributed by atoms with Gasteiger partial charge in [-0.15, -0.1) is 0 Å². The Bertz CT molecular complexity index is 456. The van der Waals surface area contributed by atoms with Gasteiger partial charge in [0, 0.05) is 13.1 Å². The lowest BCUT2D eigenvalue weighted by Crippen LogP contribution is -2.52. The van der Waals surface area contributed by atoms with E-state index in [0.29, 0.717) is 5.92 Å². The SMILES string of the molecule is CC(C)(C)[C@@H](N)C(=O)N1CCC(Cc2ccccc2)CC1. The summed E-state index contributed by atoms with van der Waals surface area (Å²) in [6.07, 6.45) is 3.28. The van der Waals surface area contributed by atoms with Crippen molar-refractivity contribution < 1.29 is 4.79 Å². The highest BCUT2D eigenvalue weighted by Crippen LogP contribution is 2.24. The third-order valence-corrected chi connectivity index (χ3v) is 4.49. The van der Waals surface area contributed by atoms with Crippen LogP contribution in [0.3, 0.4) is 0 Å². The van der Waals surface area contributed by atoms with Crippen molar-refractivity contribution in [1.29, 1.82) is 0 Å². The molecule has 1 aliphatic rings. The number of carbonyl (C=O) groups excluding carboxylic acids is 1. The molecule has 3 nitrogen and oxygen atoms in total. The maximum Gasteiger partial charge on any atom is 0.240 e. The number of carbonyl (C=O) groups is 1. The molecule has 1 aliphatic heterocycles. The fourth-order valence-corrected chi connectivity index (χ4v) is 2.87. The Morgan fingerprint density at radius 2 is 1.81 bits per heavy atom. The van der Waals surface area contributed by atoms with Crippen molar-refractivity contribution in [2.75, 3.05) is 13.1 Å². The van der Waals surface area contributed by atoms with Gasteiger partial charge in [0.05, 0.1) is 6.04 Å². The van der Waals surface area contributed by atoms with Crippen molar-refractivity contribution in [1.82, 2.24) is 4.90 Å². The first-order chi connectivity index (χ1) is 9.88. The van der Waals surface area contributed by atoms with Gasteiger partial charge in [-0.25, -0.2) is 0 Å². The van der Waals surface area contributed by atoms with Gasteiger partial charge >= 0.3 is 0 Å². The molecule has 1 fully saturated rings. The van der Waals surface area contributed by atoms with E-state index >= 15 is 0 Å². The largest absolute Gasteiger partial charge is 0.341 e. The molecule has 0 unspecified atom stereocenters. The first kappa shape index (κ1) is 16.0. The Kier molecular flexibility index (Phi) is 5.04. The summed E-state index contributed by atoms with van der Waals surface area (Å²) in [4.78, 5) is 14.4. The van der Waals surface area contributed by atoms with Crippen LogP contribution in [0.25, 0.3) is 0 Å². The minimum atomic E-state index is -0.400. The van der Waals surface area contributed by atoms with Gasteiger partial charge in [0.15, 0.2) is 0 Å². The van der Waals surface area contributed by atoms with E-state index in [1.165, 1.54) is 5.56 Å². The summed E-state index contributed by atoms with van der Waals surface area (Å²) in [5.74, 6) is 0.794. The van der Waals surface area contributed by atoms with E-state index in [1.807, 2.05) is 25.7 Å². The second-order valence-corrected chi connectivity index (χ2v) is 7.30. The fraction of sp³-hybridized carbons (Fsp3) is 0.611. The molecule has 21 heavy (non-hydrogen) atoms. The normalized spacial score (nSPS) is 18.6. The molecule has 116 valence electrons. The Labute approximate surface area is 128 Å². The topological polar surface area (TPSA) is 46.3 Å². The number of nitrogens with two attached hydrogens (primary N) is 1. The lowest BCUT2D eigenvalue weighted by Gasteiger charge is -2.36. The Balaban J connectivity index is 1.84. The van der Waals surface area contributed by atoms with Crippen LogP contribution in [-0.2, 0) is 11.2 Å². The van der Waals surface area contributed by atoms with Crippen molar-refractivity contribution in [3.8, 4) is 0 Å². The minimum Gasteiger partial charge on any atom is -0.341 e. The quantitative estimate of drug-likeness (QED) is 0.929. The fourth-order valence-electron chi connectivity index (χ4n) is 2.87. The highest BCUT2D eigenvalue weighted by Gasteiger charge is 2.32. The van der Waals surface area contributed by atoms with E-state index in [-0.39, 0.29) is 11.3 Å². The number of rotatable bonds is 3. The molecule has 0 aliphatic carbocycles. The number of likely N-dealkylation sites (tertiary alicyclic amines) is 1. The minimum absolute atomic E-state index is 0.112. The van der Waals surface area contributed by atoms with Crippen LogP contribution < -0.4 is 5.73 Å². The van der Waals surface area contributed by atoms with E-state index in [2.05, 4.69) is 30.3 Å². The lowest BCUT2D eigenvalue weighted by atomic mass is 9.85. The molecule has 3 heteroatoms. The Hall–Kier alpha value is -1.35. The molecule has 2 rings (SSSR count). The molecule has 1 atom stereocenters. The average Bonchev–Trinajstić information content (AvgIpc) is 2.46. The van der Waals surface area contributed by atoms with Gasteiger partial charge < -0.3 is 10.6 Å². The summed E-state index contributed by atoms with van der Waals surface area (Å²) in [6, 6.07) is 10.2. The van der Waals surface area contributed by atoms with Crippen LogP contribution in [0, 0.1) is 11.3 Å². The van der Waals surface area contributed by atoms with Crippen molar-refractivity contribution in [3.63, 3.8) is 0 Å². The molecule has 1 aromatic carbocycles. The average molecular weight is 288 g/mol. The maximum atomic E-state index is 12.4. The van der Waals surface area contributed by atoms with Gasteiger partial charge in [0.2, 0.25) is 5.91 Å². The third kappa shape index (κ3) is 4.31. The van der Waals surface area contributed by atoms with Crippen LogP contribution in [0.15, 0.2) is 30.3 Å². The number of hydrogen-bond acceptors (Lipinski definition) is 2. The van der Waals surface area contributed by atoms with E-state index < -0.39 is 6.04 Å². The molecule has 2 N–H and O–H groups in total.